The second kappa shape index (κ2) is 6.83. The SMILES string of the molecule is CN(Cc1cccnc1)CC(O)COC(C)(C)C. The maximum atomic E-state index is 9.88. The van der Waals surface area contributed by atoms with E-state index in [4.69, 9.17) is 4.74 Å². The molecule has 1 N–H and O–H groups in total. The Bertz CT molecular complexity index is 335. The minimum Gasteiger partial charge on any atom is -0.389 e. The van der Waals surface area contributed by atoms with Crippen molar-refractivity contribution in [2.75, 3.05) is 20.2 Å². The van der Waals surface area contributed by atoms with Crippen molar-refractivity contribution in [1.82, 2.24) is 9.88 Å². The molecule has 0 saturated carbocycles. The highest BCUT2D eigenvalue weighted by Gasteiger charge is 2.15. The Morgan fingerprint density at radius 1 is 1.44 bits per heavy atom. The molecule has 18 heavy (non-hydrogen) atoms. The van der Waals surface area contributed by atoms with E-state index in [0.717, 1.165) is 12.1 Å². The monoisotopic (exact) mass is 252 g/mol. The molecule has 1 aromatic heterocycles. The van der Waals surface area contributed by atoms with E-state index in [1.54, 1.807) is 6.20 Å². The number of aromatic nitrogens is 1. The van der Waals surface area contributed by atoms with Crippen LogP contribution >= 0.6 is 0 Å². The predicted octanol–water partition coefficient (Wildman–Crippen LogP) is 1.69. The number of hydrogen-bond donors (Lipinski definition) is 1. The minimum atomic E-state index is -0.467. The summed E-state index contributed by atoms with van der Waals surface area (Å²) in [6.45, 7) is 7.68. The third-order valence-electron chi connectivity index (χ3n) is 2.41. The van der Waals surface area contributed by atoms with E-state index < -0.39 is 6.10 Å². The van der Waals surface area contributed by atoms with E-state index in [0.29, 0.717) is 13.2 Å². The molecule has 1 aromatic rings. The summed E-state index contributed by atoms with van der Waals surface area (Å²) < 4.78 is 5.55. The van der Waals surface area contributed by atoms with Crippen LogP contribution in [0.25, 0.3) is 0 Å². The standard InChI is InChI=1S/C14H24N2O2/c1-14(2,3)18-11-13(17)10-16(4)9-12-6-5-7-15-8-12/h5-8,13,17H,9-11H2,1-4H3. The number of rotatable bonds is 6. The molecule has 1 atom stereocenters. The highest BCUT2D eigenvalue weighted by atomic mass is 16.5. The number of ether oxygens (including phenoxy) is 1. The van der Waals surface area contributed by atoms with Gasteiger partial charge in [-0.05, 0) is 39.4 Å². The Morgan fingerprint density at radius 3 is 2.72 bits per heavy atom. The molecule has 0 aromatic carbocycles. The molecule has 4 heteroatoms. The van der Waals surface area contributed by atoms with E-state index in [2.05, 4.69) is 9.88 Å². The minimum absolute atomic E-state index is 0.205. The number of likely N-dealkylation sites (N-methyl/N-ethyl adjacent to an activating group) is 1. The summed E-state index contributed by atoms with van der Waals surface area (Å²) in [6, 6.07) is 3.95. The normalized spacial score (nSPS) is 13.9. The fourth-order valence-corrected chi connectivity index (χ4v) is 1.63. The maximum Gasteiger partial charge on any atom is 0.0900 e. The molecule has 0 spiro atoms. The van der Waals surface area contributed by atoms with E-state index >= 15 is 0 Å². The largest absolute Gasteiger partial charge is 0.389 e. The van der Waals surface area contributed by atoms with Crippen molar-refractivity contribution in [3.63, 3.8) is 0 Å². The van der Waals surface area contributed by atoms with Crippen molar-refractivity contribution in [2.45, 2.75) is 39.0 Å². The summed E-state index contributed by atoms with van der Waals surface area (Å²) in [5, 5.41) is 9.88. The average molecular weight is 252 g/mol. The van der Waals surface area contributed by atoms with Crippen LogP contribution in [0.1, 0.15) is 26.3 Å². The van der Waals surface area contributed by atoms with Crippen molar-refractivity contribution in [1.29, 1.82) is 0 Å². The Hall–Kier alpha value is -0.970. The molecular weight excluding hydrogens is 228 g/mol. The van der Waals surface area contributed by atoms with Gasteiger partial charge < -0.3 is 9.84 Å². The van der Waals surface area contributed by atoms with Gasteiger partial charge in [0, 0.05) is 25.5 Å². The van der Waals surface area contributed by atoms with Crippen LogP contribution in [0.5, 0.6) is 0 Å². The maximum absolute atomic E-state index is 9.88. The summed E-state index contributed by atoms with van der Waals surface area (Å²) in [7, 11) is 1.98. The summed E-state index contributed by atoms with van der Waals surface area (Å²) in [5.41, 5.74) is 0.937. The second-order valence-electron chi connectivity index (χ2n) is 5.64. The third kappa shape index (κ3) is 6.69. The van der Waals surface area contributed by atoms with Gasteiger partial charge in [0.05, 0.1) is 18.3 Å². The lowest BCUT2D eigenvalue weighted by atomic mass is 10.2. The van der Waals surface area contributed by atoms with Gasteiger partial charge in [0.2, 0.25) is 0 Å². The quantitative estimate of drug-likeness (QED) is 0.837. The van der Waals surface area contributed by atoms with Crippen molar-refractivity contribution in [3.05, 3.63) is 30.1 Å². The molecule has 1 rings (SSSR count). The smallest absolute Gasteiger partial charge is 0.0900 e. The van der Waals surface area contributed by atoms with E-state index in [9.17, 15) is 5.11 Å². The number of hydrogen-bond acceptors (Lipinski definition) is 4. The average Bonchev–Trinajstić information content (AvgIpc) is 2.26. The predicted molar refractivity (Wildman–Crippen MR) is 72.3 cm³/mol. The molecule has 0 aliphatic heterocycles. The van der Waals surface area contributed by atoms with E-state index in [1.807, 2.05) is 46.1 Å². The Kier molecular flexibility index (Phi) is 5.72. The first kappa shape index (κ1) is 15.1. The van der Waals surface area contributed by atoms with Crippen molar-refractivity contribution in [2.24, 2.45) is 0 Å². The third-order valence-corrected chi connectivity index (χ3v) is 2.41. The zero-order valence-electron chi connectivity index (χ0n) is 11.8. The van der Waals surface area contributed by atoms with Crippen LogP contribution in [0.4, 0.5) is 0 Å². The van der Waals surface area contributed by atoms with E-state index in [1.165, 1.54) is 0 Å². The van der Waals surface area contributed by atoms with Gasteiger partial charge in [0.25, 0.3) is 0 Å². The fourth-order valence-electron chi connectivity index (χ4n) is 1.63. The lowest BCUT2D eigenvalue weighted by molar-refractivity contribution is -0.0550. The molecule has 0 bridgehead atoms. The summed E-state index contributed by atoms with van der Waals surface area (Å²) in [4.78, 5) is 6.13. The van der Waals surface area contributed by atoms with Crippen LogP contribution in [-0.4, -0.2) is 46.9 Å². The van der Waals surface area contributed by atoms with Crippen molar-refractivity contribution < 1.29 is 9.84 Å². The molecule has 4 nitrogen and oxygen atoms in total. The Balaban J connectivity index is 2.29. The van der Waals surface area contributed by atoms with Gasteiger partial charge in [-0.3, -0.25) is 9.88 Å². The first-order chi connectivity index (χ1) is 8.37. The molecule has 0 radical (unpaired) electrons. The van der Waals surface area contributed by atoms with Gasteiger partial charge >= 0.3 is 0 Å². The number of nitrogens with zero attached hydrogens (tertiary/aromatic N) is 2. The lowest BCUT2D eigenvalue weighted by Crippen LogP contribution is -2.34. The van der Waals surface area contributed by atoms with Gasteiger partial charge in [-0.1, -0.05) is 6.07 Å². The Morgan fingerprint density at radius 2 is 2.17 bits per heavy atom. The molecule has 0 amide bonds. The molecule has 1 heterocycles. The molecule has 0 saturated heterocycles. The lowest BCUT2D eigenvalue weighted by Gasteiger charge is -2.24. The van der Waals surface area contributed by atoms with Crippen LogP contribution in [0, 0.1) is 0 Å². The second-order valence-corrected chi connectivity index (χ2v) is 5.64. The fraction of sp³-hybridized carbons (Fsp3) is 0.643. The zero-order valence-corrected chi connectivity index (χ0v) is 11.8. The molecule has 102 valence electrons. The Labute approximate surface area is 110 Å². The number of aliphatic hydroxyl groups excluding tert-OH is 1. The van der Waals surface area contributed by atoms with Gasteiger partial charge in [0.1, 0.15) is 0 Å². The first-order valence-corrected chi connectivity index (χ1v) is 6.26. The van der Waals surface area contributed by atoms with Crippen LogP contribution < -0.4 is 0 Å². The van der Waals surface area contributed by atoms with Gasteiger partial charge in [-0.2, -0.15) is 0 Å². The van der Waals surface area contributed by atoms with Crippen LogP contribution in [0.15, 0.2) is 24.5 Å². The van der Waals surface area contributed by atoms with Crippen molar-refractivity contribution >= 4 is 0 Å². The summed E-state index contributed by atoms with van der Waals surface area (Å²) in [5.74, 6) is 0. The molecule has 0 aliphatic carbocycles. The topological polar surface area (TPSA) is 45.6 Å². The van der Waals surface area contributed by atoms with Gasteiger partial charge in [-0.15, -0.1) is 0 Å². The first-order valence-electron chi connectivity index (χ1n) is 6.26. The molecule has 1 unspecified atom stereocenters. The van der Waals surface area contributed by atoms with Crippen LogP contribution in [0.2, 0.25) is 0 Å². The van der Waals surface area contributed by atoms with Crippen molar-refractivity contribution in [3.8, 4) is 0 Å². The highest BCUT2D eigenvalue weighted by Crippen LogP contribution is 2.08. The summed E-state index contributed by atoms with van der Waals surface area (Å²) in [6.07, 6.45) is 3.13. The van der Waals surface area contributed by atoms with Gasteiger partial charge in [-0.25, -0.2) is 0 Å². The highest BCUT2D eigenvalue weighted by molar-refractivity contribution is 5.07. The van der Waals surface area contributed by atoms with Gasteiger partial charge in [0.15, 0.2) is 0 Å². The number of aliphatic hydroxyl groups is 1. The molecule has 0 fully saturated rings. The van der Waals surface area contributed by atoms with Crippen LogP contribution in [-0.2, 0) is 11.3 Å². The van der Waals surface area contributed by atoms with Crippen LogP contribution in [0.3, 0.4) is 0 Å². The molecular formula is C14H24N2O2. The van der Waals surface area contributed by atoms with E-state index in [-0.39, 0.29) is 5.60 Å². The number of pyridine rings is 1. The summed E-state index contributed by atoms with van der Waals surface area (Å²) >= 11 is 0. The molecule has 0 aliphatic rings. The zero-order chi connectivity index (χ0) is 13.6.